The molecule has 6 rings (SSSR count). The van der Waals surface area contributed by atoms with Gasteiger partial charge in [0, 0.05) is 17.4 Å². The SMILES string of the molecule is C#Cc1ccc2c(c1)C(CCCCCC)(CCCCCC)c1cc(C3=C[C@@]45CCCC[C@@H]4[C@]3(N(C)C)CC5=O)ccc1-2. The largest absolute Gasteiger partial charge is 0.299 e. The van der Waals surface area contributed by atoms with Gasteiger partial charge >= 0.3 is 0 Å². The maximum Gasteiger partial charge on any atom is 0.145 e. The van der Waals surface area contributed by atoms with Crippen LogP contribution in [0.2, 0.25) is 0 Å². The summed E-state index contributed by atoms with van der Waals surface area (Å²) in [6.07, 6.45) is 26.2. The van der Waals surface area contributed by atoms with Crippen molar-refractivity contribution < 1.29 is 4.79 Å². The Balaban J connectivity index is 1.50. The first-order valence-electron chi connectivity index (χ1n) is 17.1. The number of nitrogens with zero attached hydrogens (tertiary/aromatic N) is 1. The lowest BCUT2D eigenvalue weighted by molar-refractivity contribution is -0.125. The van der Waals surface area contributed by atoms with E-state index in [1.807, 2.05) is 0 Å². The maximum absolute atomic E-state index is 13.6. The molecule has 0 saturated heterocycles. The van der Waals surface area contributed by atoms with E-state index in [9.17, 15) is 4.79 Å². The first-order valence-corrected chi connectivity index (χ1v) is 17.1. The number of benzene rings is 2. The molecule has 0 radical (unpaired) electrons. The first-order chi connectivity index (χ1) is 20.4. The van der Waals surface area contributed by atoms with Crippen molar-refractivity contribution in [3.8, 4) is 23.5 Å². The van der Waals surface area contributed by atoms with E-state index < -0.39 is 0 Å². The van der Waals surface area contributed by atoms with Crippen LogP contribution in [-0.4, -0.2) is 30.3 Å². The molecule has 4 aliphatic carbocycles. The van der Waals surface area contributed by atoms with Crippen molar-refractivity contribution in [3.63, 3.8) is 0 Å². The van der Waals surface area contributed by atoms with Gasteiger partial charge in [0.25, 0.3) is 0 Å². The highest BCUT2D eigenvalue weighted by Gasteiger charge is 2.68. The number of terminal acetylenes is 1. The van der Waals surface area contributed by atoms with Crippen molar-refractivity contribution in [1.82, 2.24) is 4.90 Å². The van der Waals surface area contributed by atoms with Gasteiger partial charge in [-0.1, -0.05) is 108 Å². The summed E-state index contributed by atoms with van der Waals surface area (Å²) in [7, 11) is 4.43. The number of hydrogen-bond donors (Lipinski definition) is 0. The number of Topliss-reactive ketones (excluding diaryl/α,β-unsaturated/α-hetero) is 1. The number of ketones is 1. The molecule has 2 heteroatoms. The first kappa shape index (κ1) is 29.4. The minimum absolute atomic E-state index is 0.000651. The molecule has 4 aliphatic rings. The molecule has 2 saturated carbocycles. The highest BCUT2D eigenvalue weighted by atomic mass is 16.1. The van der Waals surface area contributed by atoms with Gasteiger partial charge in [0.05, 0.1) is 11.0 Å². The zero-order chi connectivity index (χ0) is 29.5. The summed E-state index contributed by atoms with van der Waals surface area (Å²) in [5.41, 5.74) is 9.10. The lowest BCUT2D eigenvalue weighted by Crippen LogP contribution is -2.48. The Hall–Kier alpha value is -2.63. The summed E-state index contributed by atoms with van der Waals surface area (Å²) < 4.78 is 0. The van der Waals surface area contributed by atoms with Crippen molar-refractivity contribution in [1.29, 1.82) is 0 Å². The van der Waals surface area contributed by atoms with Gasteiger partial charge in [-0.2, -0.15) is 0 Å². The standard InChI is InChI=1S/C40H51NO/c1-6-9-11-14-22-38(23-15-12-10-7-2)33-25-29(8-3)18-20-31(33)32-21-19-30(26-34(32)38)35-27-39-24-16-13-17-36(39)40(35,41(4)5)28-37(39)42/h3,18-21,25-27,36H,6-7,9-17,22-24,28H2,1-2,4-5H3/t36-,39-,40-/m0/s1. The van der Waals surface area contributed by atoms with E-state index in [4.69, 9.17) is 6.42 Å². The number of rotatable bonds is 12. The smallest absolute Gasteiger partial charge is 0.145 e. The van der Waals surface area contributed by atoms with Gasteiger partial charge in [-0.15, -0.1) is 6.42 Å². The molecule has 0 spiro atoms. The molecule has 3 atom stereocenters. The molecule has 2 bridgehead atoms. The number of carbonyl (C=O) groups is 1. The number of hydrogen-bond acceptors (Lipinski definition) is 2. The van der Waals surface area contributed by atoms with Crippen molar-refractivity contribution >= 4 is 11.4 Å². The summed E-state index contributed by atoms with van der Waals surface area (Å²) in [5.74, 6) is 3.85. The van der Waals surface area contributed by atoms with Crippen molar-refractivity contribution in [2.45, 2.75) is 121 Å². The predicted octanol–water partition coefficient (Wildman–Crippen LogP) is 9.72. The number of allylic oxidation sites excluding steroid dienone is 1. The van der Waals surface area contributed by atoms with Crippen LogP contribution in [0.4, 0.5) is 0 Å². The molecule has 0 aliphatic heterocycles. The normalized spacial score (nSPS) is 26.6. The van der Waals surface area contributed by atoms with Crippen LogP contribution in [0.3, 0.4) is 0 Å². The topological polar surface area (TPSA) is 20.3 Å². The van der Waals surface area contributed by atoms with Crippen LogP contribution in [0.25, 0.3) is 16.7 Å². The number of likely N-dealkylation sites (N-methyl/N-ethyl adjacent to an activating group) is 1. The van der Waals surface area contributed by atoms with E-state index in [2.05, 4.69) is 81.2 Å². The third kappa shape index (κ3) is 4.29. The molecule has 0 unspecified atom stereocenters. The van der Waals surface area contributed by atoms with Crippen LogP contribution in [-0.2, 0) is 10.2 Å². The summed E-state index contributed by atoms with van der Waals surface area (Å²) in [5, 5.41) is 0. The fraction of sp³-hybridized carbons (Fsp3) is 0.575. The molecular formula is C40H51NO. The van der Waals surface area contributed by atoms with Crippen LogP contribution in [0.5, 0.6) is 0 Å². The summed E-state index contributed by atoms with van der Waals surface area (Å²) >= 11 is 0. The Morgan fingerprint density at radius 3 is 2.19 bits per heavy atom. The molecule has 0 amide bonds. The van der Waals surface area contributed by atoms with Crippen LogP contribution in [0.1, 0.15) is 132 Å². The molecule has 2 nitrogen and oxygen atoms in total. The van der Waals surface area contributed by atoms with Crippen molar-refractivity contribution in [2.75, 3.05) is 14.1 Å². The maximum atomic E-state index is 13.6. The Labute approximate surface area is 255 Å². The predicted molar refractivity (Wildman–Crippen MR) is 177 cm³/mol. The molecule has 42 heavy (non-hydrogen) atoms. The van der Waals surface area contributed by atoms with Crippen LogP contribution in [0, 0.1) is 23.7 Å². The minimum atomic E-state index is -0.251. The van der Waals surface area contributed by atoms with E-state index in [1.54, 1.807) is 0 Å². The Morgan fingerprint density at radius 1 is 0.881 bits per heavy atom. The molecule has 222 valence electrons. The molecule has 2 fully saturated rings. The van der Waals surface area contributed by atoms with Gasteiger partial charge in [0.2, 0.25) is 0 Å². The van der Waals surface area contributed by atoms with Gasteiger partial charge in [-0.05, 0) is 97.3 Å². The summed E-state index contributed by atoms with van der Waals surface area (Å²) in [6, 6.07) is 14.2. The molecule has 0 aromatic heterocycles. The van der Waals surface area contributed by atoms with Crippen LogP contribution >= 0.6 is 0 Å². The highest BCUT2D eigenvalue weighted by Crippen LogP contribution is 2.67. The molecule has 2 aromatic rings. The molecule has 2 aromatic carbocycles. The van der Waals surface area contributed by atoms with Gasteiger partial charge in [-0.25, -0.2) is 0 Å². The molecule has 0 N–H and O–H groups in total. The van der Waals surface area contributed by atoms with Crippen molar-refractivity contribution in [2.24, 2.45) is 11.3 Å². The summed E-state index contributed by atoms with van der Waals surface area (Å²) in [6.45, 7) is 4.61. The third-order valence-electron chi connectivity index (χ3n) is 11.9. The molecule has 0 heterocycles. The fourth-order valence-corrected chi connectivity index (χ4v) is 9.81. The van der Waals surface area contributed by atoms with Crippen molar-refractivity contribution in [3.05, 3.63) is 64.7 Å². The number of fused-ring (bicyclic) bond motifs is 3. The lowest BCUT2D eigenvalue weighted by atomic mass is 9.67. The van der Waals surface area contributed by atoms with Crippen LogP contribution in [0.15, 0.2) is 42.5 Å². The zero-order valence-electron chi connectivity index (χ0n) is 26.7. The summed E-state index contributed by atoms with van der Waals surface area (Å²) in [4.78, 5) is 16.0. The zero-order valence-corrected chi connectivity index (χ0v) is 26.7. The second kappa shape index (κ2) is 11.5. The van der Waals surface area contributed by atoms with Gasteiger partial charge in [-0.3, -0.25) is 9.69 Å². The average Bonchev–Trinajstić information content (AvgIpc) is 3.56. The van der Waals surface area contributed by atoms with Crippen LogP contribution < -0.4 is 0 Å². The minimum Gasteiger partial charge on any atom is -0.299 e. The Kier molecular flexibility index (Phi) is 8.04. The Morgan fingerprint density at radius 2 is 1.55 bits per heavy atom. The van der Waals surface area contributed by atoms with E-state index >= 15 is 0 Å². The quantitative estimate of drug-likeness (QED) is 0.190. The fourth-order valence-electron chi connectivity index (χ4n) is 9.81. The average molecular weight is 562 g/mol. The monoisotopic (exact) mass is 561 g/mol. The van der Waals surface area contributed by atoms with Gasteiger partial charge in [0.15, 0.2) is 0 Å². The van der Waals surface area contributed by atoms with E-state index in [-0.39, 0.29) is 16.4 Å². The van der Waals surface area contributed by atoms with Gasteiger partial charge < -0.3 is 0 Å². The number of carbonyl (C=O) groups excluding carboxylic acids is 1. The second-order valence-corrected chi connectivity index (χ2v) is 14.2. The molecular weight excluding hydrogens is 510 g/mol. The second-order valence-electron chi connectivity index (χ2n) is 14.2. The number of unbranched alkanes of at least 4 members (excludes halogenated alkanes) is 6. The lowest BCUT2D eigenvalue weighted by Gasteiger charge is -2.43. The third-order valence-corrected chi connectivity index (χ3v) is 11.9. The Bertz CT molecular complexity index is 1410. The van der Waals surface area contributed by atoms with E-state index in [1.165, 1.54) is 110 Å². The van der Waals surface area contributed by atoms with E-state index in [0.717, 1.165) is 18.4 Å². The van der Waals surface area contributed by atoms with Gasteiger partial charge in [0.1, 0.15) is 5.78 Å². The van der Waals surface area contributed by atoms with E-state index in [0.29, 0.717) is 18.1 Å². The highest BCUT2D eigenvalue weighted by molar-refractivity contribution is 6.02.